The third-order valence-corrected chi connectivity index (χ3v) is 4.57. The van der Waals surface area contributed by atoms with Gasteiger partial charge in [0, 0.05) is 16.0 Å². The molecule has 3 rings (SSSR count). The summed E-state index contributed by atoms with van der Waals surface area (Å²) < 4.78 is 0. The molecule has 7 heteroatoms. The van der Waals surface area contributed by atoms with Crippen LogP contribution in [0.5, 0.6) is 0 Å². The van der Waals surface area contributed by atoms with Gasteiger partial charge in [0.25, 0.3) is 0 Å². The molecule has 0 bridgehead atoms. The van der Waals surface area contributed by atoms with Gasteiger partial charge in [-0.2, -0.15) is 0 Å². The minimum Gasteiger partial charge on any atom is -0.300 e. The van der Waals surface area contributed by atoms with Crippen LogP contribution >= 0.6 is 34.5 Å². The van der Waals surface area contributed by atoms with Crippen LogP contribution in [0.15, 0.2) is 18.2 Å². The fourth-order valence-corrected chi connectivity index (χ4v) is 3.19. The third kappa shape index (κ3) is 3.29. The standard InChI is InChI=1S/C13H11Cl2N3OS/c14-9-4-3-8(10(15)6-9)5-11(19)16-13-18-17-12(20-13)7-1-2-7/h3-4,6-7H,1-2,5H2,(H,16,18,19). The second-order valence-electron chi connectivity index (χ2n) is 4.68. The number of anilines is 1. The number of carbonyl (C=O) groups is 1. The van der Waals surface area contributed by atoms with Gasteiger partial charge in [0.15, 0.2) is 0 Å². The number of hydrogen-bond acceptors (Lipinski definition) is 4. The number of rotatable bonds is 4. The Balaban J connectivity index is 1.63. The minimum atomic E-state index is -0.160. The maximum absolute atomic E-state index is 11.9. The van der Waals surface area contributed by atoms with E-state index in [-0.39, 0.29) is 12.3 Å². The van der Waals surface area contributed by atoms with E-state index in [0.717, 1.165) is 10.6 Å². The summed E-state index contributed by atoms with van der Waals surface area (Å²) >= 11 is 13.3. The Morgan fingerprint density at radius 1 is 1.35 bits per heavy atom. The van der Waals surface area contributed by atoms with Crippen molar-refractivity contribution in [2.45, 2.75) is 25.2 Å². The average Bonchev–Trinajstić information content (AvgIpc) is 3.14. The fraction of sp³-hybridized carbons (Fsp3) is 0.308. The molecule has 1 N–H and O–H groups in total. The van der Waals surface area contributed by atoms with Crippen molar-refractivity contribution in [3.8, 4) is 0 Å². The largest absolute Gasteiger partial charge is 0.300 e. The van der Waals surface area contributed by atoms with Crippen molar-refractivity contribution < 1.29 is 4.79 Å². The van der Waals surface area contributed by atoms with Gasteiger partial charge in [-0.05, 0) is 30.5 Å². The van der Waals surface area contributed by atoms with Gasteiger partial charge >= 0.3 is 0 Å². The van der Waals surface area contributed by atoms with Gasteiger partial charge in [0.05, 0.1) is 6.42 Å². The molecule has 1 heterocycles. The van der Waals surface area contributed by atoms with E-state index >= 15 is 0 Å². The van der Waals surface area contributed by atoms with Crippen molar-refractivity contribution in [3.05, 3.63) is 38.8 Å². The summed E-state index contributed by atoms with van der Waals surface area (Å²) in [5.41, 5.74) is 0.737. The predicted molar refractivity (Wildman–Crippen MR) is 80.7 cm³/mol. The molecule has 0 atom stereocenters. The van der Waals surface area contributed by atoms with Crippen LogP contribution in [-0.2, 0) is 11.2 Å². The molecule has 4 nitrogen and oxygen atoms in total. The number of halogens is 2. The molecule has 1 saturated carbocycles. The molecule has 104 valence electrons. The molecule has 1 aromatic carbocycles. The number of benzene rings is 1. The summed E-state index contributed by atoms with van der Waals surface area (Å²) in [7, 11) is 0. The highest BCUT2D eigenvalue weighted by Gasteiger charge is 2.27. The summed E-state index contributed by atoms with van der Waals surface area (Å²) in [6.45, 7) is 0. The van der Waals surface area contributed by atoms with E-state index in [0.29, 0.717) is 21.1 Å². The zero-order chi connectivity index (χ0) is 14.1. The lowest BCUT2D eigenvalue weighted by molar-refractivity contribution is -0.115. The van der Waals surface area contributed by atoms with Crippen LogP contribution in [-0.4, -0.2) is 16.1 Å². The summed E-state index contributed by atoms with van der Waals surface area (Å²) in [6.07, 6.45) is 2.53. The van der Waals surface area contributed by atoms with Crippen molar-refractivity contribution in [2.75, 3.05) is 5.32 Å². The van der Waals surface area contributed by atoms with E-state index in [1.54, 1.807) is 18.2 Å². The Kier molecular flexibility index (Phi) is 3.92. The maximum atomic E-state index is 11.9. The molecular formula is C13H11Cl2N3OS. The Hall–Kier alpha value is -1.17. The molecule has 0 spiro atoms. The van der Waals surface area contributed by atoms with Crippen LogP contribution in [0.3, 0.4) is 0 Å². The smallest absolute Gasteiger partial charge is 0.230 e. The first-order chi connectivity index (χ1) is 9.61. The lowest BCUT2D eigenvalue weighted by Crippen LogP contribution is -2.14. The quantitative estimate of drug-likeness (QED) is 0.926. The van der Waals surface area contributed by atoms with E-state index in [1.807, 2.05) is 0 Å². The van der Waals surface area contributed by atoms with Gasteiger partial charge in [-0.15, -0.1) is 10.2 Å². The molecule has 2 aromatic rings. The van der Waals surface area contributed by atoms with Crippen molar-refractivity contribution in [1.82, 2.24) is 10.2 Å². The van der Waals surface area contributed by atoms with Crippen molar-refractivity contribution in [3.63, 3.8) is 0 Å². The molecular weight excluding hydrogens is 317 g/mol. The predicted octanol–water partition coefficient (Wildman–Crippen LogP) is 3.90. The zero-order valence-electron chi connectivity index (χ0n) is 10.4. The van der Waals surface area contributed by atoms with Crippen LogP contribution in [0.4, 0.5) is 5.13 Å². The van der Waals surface area contributed by atoms with Gasteiger partial charge < -0.3 is 5.32 Å². The molecule has 1 fully saturated rings. The van der Waals surface area contributed by atoms with Crippen LogP contribution in [0.25, 0.3) is 0 Å². The number of carbonyl (C=O) groups excluding carboxylic acids is 1. The second-order valence-corrected chi connectivity index (χ2v) is 6.53. The van der Waals surface area contributed by atoms with Crippen molar-refractivity contribution in [1.29, 1.82) is 0 Å². The highest BCUT2D eigenvalue weighted by Crippen LogP contribution is 2.42. The van der Waals surface area contributed by atoms with Gasteiger partial charge in [0.1, 0.15) is 5.01 Å². The van der Waals surface area contributed by atoms with Gasteiger partial charge in [-0.25, -0.2) is 0 Å². The molecule has 0 aliphatic heterocycles. The first-order valence-electron chi connectivity index (χ1n) is 6.19. The molecule has 20 heavy (non-hydrogen) atoms. The first-order valence-corrected chi connectivity index (χ1v) is 7.76. The molecule has 0 radical (unpaired) electrons. The monoisotopic (exact) mass is 327 g/mol. The van der Waals surface area contributed by atoms with Crippen LogP contribution < -0.4 is 5.32 Å². The first kappa shape index (κ1) is 13.8. The van der Waals surface area contributed by atoms with E-state index in [1.165, 1.54) is 24.2 Å². The van der Waals surface area contributed by atoms with Gasteiger partial charge in [-0.3, -0.25) is 4.79 Å². The van der Waals surface area contributed by atoms with Gasteiger partial charge in [-0.1, -0.05) is 40.6 Å². The number of nitrogens with one attached hydrogen (secondary N) is 1. The molecule has 1 aliphatic carbocycles. The van der Waals surface area contributed by atoms with Crippen molar-refractivity contribution >= 4 is 45.6 Å². The number of amides is 1. The minimum absolute atomic E-state index is 0.160. The summed E-state index contributed by atoms with van der Waals surface area (Å²) in [6, 6.07) is 5.09. The highest BCUT2D eigenvalue weighted by molar-refractivity contribution is 7.15. The zero-order valence-corrected chi connectivity index (χ0v) is 12.7. The SMILES string of the molecule is O=C(Cc1ccc(Cl)cc1Cl)Nc1nnc(C2CC2)s1. The van der Waals surface area contributed by atoms with Gasteiger partial charge in [0.2, 0.25) is 11.0 Å². The summed E-state index contributed by atoms with van der Waals surface area (Å²) in [5, 5.41) is 13.4. The molecule has 1 amide bonds. The number of nitrogens with zero attached hydrogens (tertiary/aromatic N) is 2. The van der Waals surface area contributed by atoms with E-state index in [2.05, 4.69) is 15.5 Å². The molecule has 0 saturated heterocycles. The third-order valence-electron chi connectivity index (χ3n) is 2.98. The lowest BCUT2D eigenvalue weighted by Gasteiger charge is -2.04. The topological polar surface area (TPSA) is 54.9 Å². The number of hydrogen-bond donors (Lipinski definition) is 1. The second kappa shape index (κ2) is 5.68. The van der Waals surface area contributed by atoms with E-state index in [9.17, 15) is 4.79 Å². The highest BCUT2D eigenvalue weighted by atomic mass is 35.5. The summed E-state index contributed by atoms with van der Waals surface area (Å²) in [5.74, 6) is 0.386. The molecule has 1 aliphatic rings. The van der Waals surface area contributed by atoms with Crippen molar-refractivity contribution in [2.24, 2.45) is 0 Å². The van der Waals surface area contributed by atoms with Crippen LogP contribution in [0, 0.1) is 0 Å². The Bertz CT molecular complexity index is 655. The molecule has 1 aromatic heterocycles. The molecule has 0 unspecified atom stereocenters. The van der Waals surface area contributed by atoms with Crippen LogP contribution in [0.1, 0.15) is 29.3 Å². The Morgan fingerprint density at radius 2 is 2.15 bits per heavy atom. The maximum Gasteiger partial charge on any atom is 0.230 e. The lowest BCUT2D eigenvalue weighted by atomic mass is 10.1. The number of aromatic nitrogens is 2. The Morgan fingerprint density at radius 3 is 2.85 bits per heavy atom. The Labute approximate surface area is 130 Å². The fourth-order valence-electron chi connectivity index (χ4n) is 1.78. The van der Waals surface area contributed by atoms with Crippen LogP contribution in [0.2, 0.25) is 10.0 Å². The normalized spacial score (nSPS) is 14.3. The average molecular weight is 328 g/mol. The summed E-state index contributed by atoms with van der Waals surface area (Å²) in [4.78, 5) is 11.9. The van der Waals surface area contributed by atoms with E-state index < -0.39 is 0 Å². The van der Waals surface area contributed by atoms with E-state index in [4.69, 9.17) is 23.2 Å².